The van der Waals surface area contributed by atoms with Gasteiger partial charge in [0.05, 0.1) is 40.2 Å². The van der Waals surface area contributed by atoms with Crippen LogP contribution in [0.25, 0.3) is 0 Å². The molecule has 9 nitrogen and oxygen atoms in total. The molecule has 162 valence electrons. The molecule has 9 heteroatoms. The van der Waals surface area contributed by atoms with Crippen molar-refractivity contribution in [2.45, 2.75) is 25.8 Å². The van der Waals surface area contributed by atoms with E-state index in [0.717, 1.165) is 16.9 Å². The number of rotatable bonds is 7. The molecule has 0 aliphatic carbocycles. The van der Waals surface area contributed by atoms with E-state index in [9.17, 15) is 4.79 Å². The Labute approximate surface area is 179 Å². The predicted octanol–water partition coefficient (Wildman–Crippen LogP) is 2.51. The molecule has 1 aromatic heterocycles. The van der Waals surface area contributed by atoms with E-state index in [1.54, 1.807) is 32.1 Å². The van der Waals surface area contributed by atoms with E-state index < -0.39 is 0 Å². The first-order chi connectivity index (χ1) is 15.1. The first kappa shape index (κ1) is 20.7. The number of carbonyl (C=O) groups excluding carboxylic acids is 1. The average molecular weight is 424 g/mol. The lowest BCUT2D eigenvalue weighted by atomic mass is 10.1. The lowest BCUT2D eigenvalue weighted by Crippen LogP contribution is -2.27. The van der Waals surface area contributed by atoms with Crippen molar-refractivity contribution in [2.75, 3.05) is 21.3 Å². The predicted molar refractivity (Wildman–Crippen MR) is 111 cm³/mol. The van der Waals surface area contributed by atoms with Crippen LogP contribution in [-0.2, 0) is 24.4 Å². The molecule has 1 atom stereocenters. The highest BCUT2D eigenvalue weighted by molar-refractivity contribution is 5.93. The molecular formula is C22H24N4O5. The van der Waals surface area contributed by atoms with Crippen LogP contribution >= 0.6 is 0 Å². The number of ether oxygens (including phenoxy) is 4. The molecule has 0 saturated heterocycles. The van der Waals surface area contributed by atoms with Gasteiger partial charge in [-0.15, -0.1) is 5.10 Å². The largest absolute Gasteiger partial charge is 0.497 e. The molecule has 3 aromatic rings. The fourth-order valence-corrected chi connectivity index (χ4v) is 3.56. The number of fused-ring (bicyclic) bond motifs is 1. The fourth-order valence-electron chi connectivity index (χ4n) is 3.56. The van der Waals surface area contributed by atoms with Crippen LogP contribution in [0.5, 0.6) is 17.2 Å². The van der Waals surface area contributed by atoms with Gasteiger partial charge in [0.2, 0.25) is 0 Å². The van der Waals surface area contributed by atoms with Crippen molar-refractivity contribution in [3.8, 4) is 17.2 Å². The number of nitrogens with one attached hydrogen (secondary N) is 1. The quantitative estimate of drug-likeness (QED) is 0.622. The first-order valence-electron chi connectivity index (χ1n) is 9.80. The van der Waals surface area contributed by atoms with Crippen molar-refractivity contribution in [1.82, 2.24) is 20.3 Å². The van der Waals surface area contributed by atoms with Gasteiger partial charge in [-0.3, -0.25) is 4.79 Å². The number of aromatic nitrogens is 3. The van der Waals surface area contributed by atoms with Crippen LogP contribution in [0.3, 0.4) is 0 Å². The van der Waals surface area contributed by atoms with Crippen molar-refractivity contribution in [2.24, 2.45) is 0 Å². The lowest BCUT2D eigenvalue weighted by molar-refractivity contribution is -0.00179. The van der Waals surface area contributed by atoms with E-state index >= 15 is 0 Å². The van der Waals surface area contributed by atoms with Gasteiger partial charge < -0.3 is 24.3 Å². The molecule has 0 bridgehead atoms. The van der Waals surface area contributed by atoms with E-state index in [1.165, 1.54) is 0 Å². The molecule has 0 saturated carbocycles. The minimum Gasteiger partial charge on any atom is -0.497 e. The maximum Gasteiger partial charge on any atom is 0.274 e. The topological polar surface area (TPSA) is 96.7 Å². The number of nitrogens with zero attached hydrogens (tertiary/aromatic N) is 3. The third-order valence-corrected chi connectivity index (χ3v) is 5.22. The molecule has 2 aromatic carbocycles. The van der Waals surface area contributed by atoms with Gasteiger partial charge in [0, 0.05) is 12.1 Å². The van der Waals surface area contributed by atoms with E-state index in [4.69, 9.17) is 18.9 Å². The second kappa shape index (κ2) is 9.05. The Morgan fingerprint density at radius 2 is 1.94 bits per heavy atom. The number of methoxy groups -OCH3 is 3. The van der Waals surface area contributed by atoms with E-state index in [0.29, 0.717) is 23.7 Å². The van der Waals surface area contributed by atoms with Gasteiger partial charge in [-0.1, -0.05) is 29.5 Å². The van der Waals surface area contributed by atoms with Crippen molar-refractivity contribution < 1.29 is 23.7 Å². The highest BCUT2D eigenvalue weighted by Gasteiger charge is 2.27. The van der Waals surface area contributed by atoms with Crippen LogP contribution in [0.4, 0.5) is 0 Å². The van der Waals surface area contributed by atoms with E-state index in [2.05, 4.69) is 15.6 Å². The Hall–Kier alpha value is -3.59. The summed E-state index contributed by atoms with van der Waals surface area (Å²) in [6.07, 6.45) is -0.169. The molecule has 1 N–H and O–H groups in total. The summed E-state index contributed by atoms with van der Waals surface area (Å²) < 4.78 is 23.6. The summed E-state index contributed by atoms with van der Waals surface area (Å²) in [6, 6.07) is 13.2. The first-order valence-corrected chi connectivity index (χ1v) is 9.80. The van der Waals surface area contributed by atoms with Gasteiger partial charge in [0.1, 0.15) is 11.9 Å². The zero-order valence-corrected chi connectivity index (χ0v) is 17.6. The normalized spacial score (nSPS) is 15.1. The Bertz CT molecular complexity index is 1060. The van der Waals surface area contributed by atoms with Crippen LogP contribution < -0.4 is 19.5 Å². The molecule has 31 heavy (non-hydrogen) atoms. The number of carbonyl (C=O) groups is 1. The SMILES string of the molecule is COc1ccc([C@@H]2Cn3nnc(C(=O)NCc4cccc(OC)c4OC)c3CO2)cc1. The molecule has 2 heterocycles. The standard InChI is InChI=1S/C22H24N4O5/c1-28-16-9-7-14(8-10-16)19-12-26-17(13-31-19)20(24-25-26)22(27)23-11-15-5-4-6-18(29-2)21(15)30-3/h4-10,19H,11-13H2,1-3H3,(H,23,27)/t19-/m0/s1. The summed E-state index contributed by atoms with van der Waals surface area (Å²) in [5, 5.41) is 11.1. The van der Waals surface area contributed by atoms with Crippen molar-refractivity contribution in [3.63, 3.8) is 0 Å². The molecule has 1 amide bonds. The molecule has 0 fully saturated rings. The third kappa shape index (κ3) is 4.17. The van der Waals surface area contributed by atoms with Crippen molar-refractivity contribution in [1.29, 1.82) is 0 Å². The second-order valence-electron chi connectivity index (χ2n) is 6.97. The monoisotopic (exact) mass is 424 g/mol. The number of hydrogen-bond donors (Lipinski definition) is 1. The summed E-state index contributed by atoms with van der Waals surface area (Å²) in [5.41, 5.74) is 2.72. The summed E-state index contributed by atoms with van der Waals surface area (Å²) in [6.45, 7) is 0.988. The number of benzene rings is 2. The lowest BCUT2D eigenvalue weighted by Gasteiger charge is -2.24. The molecule has 0 radical (unpaired) electrons. The highest BCUT2D eigenvalue weighted by atomic mass is 16.5. The Morgan fingerprint density at radius 1 is 1.13 bits per heavy atom. The van der Waals surface area contributed by atoms with E-state index in [1.807, 2.05) is 36.4 Å². The van der Waals surface area contributed by atoms with E-state index in [-0.39, 0.29) is 30.9 Å². The maximum atomic E-state index is 12.8. The average Bonchev–Trinajstić information content (AvgIpc) is 3.25. The van der Waals surface area contributed by atoms with Gasteiger partial charge >= 0.3 is 0 Å². The van der Waals surface area contributed by atoms with Crippen molar-refractivity contribution >= 4 is 5.91 Å². The Kier molecular flexibility index (Phi) is 6.03. The molecule has 1 aliphatic heterocycles. The molecular weight excluding hydrogens is 400 g/mol. The van der Waals surface area contributed by atoms with Gasteiger partial charge in [-0.05, 0) is 23.8 Å². The van der Waals surface area contributed by atoms with Gasteiger partial charge in [0.15, 0.2) is 17.2 Å². The minimum atomic E-state index is -0.322. The van der Waals surface area contributed by atoms with Gasteiger partial charge in [0.25, 0.3) is 5.91 Å². The molecule has 0 unspecified atom stereocenters. The van der Waals surface area contributed by atoms with Crippen LogP contribution in [0.1, 0.15) is 33.4 Å². The Balaban J connectivity index is 1.44. The summed E-state index contributed by atoms with van der Waals surface area (Å²) in [4.78, 5) is 12.8. The van der Waals surface area contributed by atoms with Gasteiger partial charge in [-0.25, -0.2) is 4.68 Å². The molecule has 1 aliphatic rings. The molecule has 0 spiro atoms. The zero-order chi connectivity index (χ0) is 21.8. The van der Waals surface area contributed by atoms with Crippen molar-refractivity contribution in [3.05, 3.63) is 65.0 Å². The zero-order valence-electron chi connectivity index (χ0n) is 17.6. The maximum absolute atomic E-state index is 12.8. The summed E-state index contributed by atoms with van der Waals surface area (Å²) in [7, 11) is 4.77. The Morgan fingerprint density at radius 3 is 2.65 bits per heavy atom. The fraction of sp³-hybridized carbons (Fsp3) is 0.318. The highest BCUT2D eigenvalue weighted by Crippen LogP contribution is 2.31. The number of hydrogen-bond acceptors (Lipinski definition) is 7. The van der Waals surface area contributed by atoms with Gasteiger partial charge in [-0.2, -0.15) is 0 Å². The molecule has 4 rings (SSSR count). The smallest absolute Gasteiger partial charge is 0.274 e. The number of amides is 1. The second-order valence-corrected chi connectivity index (χ2v) is 6.97. The minimum absolute atomic E-state index is 0.169. The summed E-state index contributed by atoms with van der Waals surface area (Å²) >= 11 is 0. The van der Waals surface area contributed by atoms with Crippen LogP contribution in [0, 0.1) is 0 Å². The van der Waals surface area contributed by atoms with Crippen LogP contribution in [0.15, 0.2) is 42.5 Å². The summed E-state index contributed by atoms with van der Waals surface area (Å²) in [5.74, 6) is 1.65. The third-order valence-electron chi connectivity index (χ3n) is 5.22. The van der Waals surface area contributed by atoms with Crippen LogP contribution in [-0.4, -0.2) is 42.2 Å². The number of para-hydroxylation sites is 1. The van der Waals surface area contributed by atoms with Crippen LogP contribution in [0.2, 0.25) is 0 Å².